The molecule has 0 rings (SSSR count). The molecule has 0 aliphatic heterocycles. The molecule has 0 aromatic heterocycles. The number of amides is 1. The SMILES string of the molecule is CN(C)/C=N/C(=S)NCCCCCNC(=O)O. The smallest absolute Gasteiger partial charge is 0.404 e. The second-order valence-corrected chi connectivity index (χ2v) is 4.12. The summed E-state index contributed by atoms with van der Waals surface area (Å²) in [6.45, 7) is 1.26. The Bertz CT molecular complexity index is 269. The third-order valence-electron chi connectivity index (χ3n) is 1.81. The van der Waals surface area contributed by atoms with E-state index in [9.17, 15) is 4.79 Å². The lowest BCUT2D eigenvalue weighted by Gasteiger charge is -2.06. The summed E-state index contributed by atoms with van der Waals surface area (Å²) in [7, 11) is 3.75. The lowest BCUT2D eigenvalue weighted by molar-refractivity contribution is 0.194. The number of rotatable bonds is 7. The number of nitrogens with zero attached hydrogens (tertiary/aromatic N) is 2. The van der Waals surface area contributed by atoms with Crippen molar-refractivity contribution in [3.05, 3.63) is 0 Å². The Morgan fingerprint density at radius 1 is 1.29 bits per heavy atom. The summed E-state index contributed by atoms with van der Waals surface area (Å²) in [6.07, 6.45) is 3.40. The van der Waals surface area contributed by atoms with E-state index in [0.717, 1.165) is 25.8 Å². The van der Waals surface area contributed by atoms with Crippen molar-refractivity contribution >= 4 is 29.8 Å². The first-order valence-corrected chi connectivity index (χ1v) is 5.88. The molecule has 0 saturated carbocycles. The zero-order chi connectivity index (χ0) is 13.1. The maximum atomic E-state index is 10.1. The average Bonchev–Trinajstić information content (AvgIpc) is 2.24. The number of hydrogen-bond acceptors (Lipinski definition) is 2. The van der Waals surface area contributed by atoms with Gasteiger partial charge in [-0.2, -0.15) is 0 Å². The number of unbranched alkanes of at least 4 members (excludes halogenated alkanes) is 2. The first-order chi connectivity index (χ1) is 8.02. The van der Waals surface area contributed by atoms with Gasteiger partial charge in [0.1, 0.15) is 0 Å². The molecule has 3 N–H and O–H groups in total. The summed E-state index contributed by atoms with van der Waals surface area (Å²) in [5.41, 5.74) is 0. The van der Waals surface area contributed by atoms with Crippen molar-refractivity contribution in [3.63, 3.8) is 0 Å². The highest BCUT2D eigenvalue weighted by Gasteiger charge is 1.94. The predicted molar refractivity (Wildman–Crippen MR) is 72.7 cm³/mol. The summed E-state index contributed by atoms with van der Waals surface area (Å²) in [4.78, 5) is 16.0. The number of hydrogen-bond donors (Lipinski definition) is 3. The van der Waals surface area contributed by atoms with Crippen LogP contribution in [0.4, 0.5) is 4.79 Å². The van der Waals surface area contributed by atoms with E-state index >= 15 is 0 Å². The van der Waals surface area contributed by atoms with Crippen LogP contribution >= 0.6 is 12.2 Å². The van der Waals surface area contributed by atoms with E-state index in [1.165, 1.54) is 0 Å². The van der Waals surface area contributed by atoms with Crippen molar-refractivity contribution in [1.82, 2.24) is 15.5 Å². The quantitative estimate of drug-likeness (QED) is 0.274. The molecule has 7 heteroatoms. The zero-order valence-electron chi connectivity index (χ0n) is 10.3. The van der Waals surface area contributed by atoms with E-state index < -0.39 is 6.09 Å². The Morgan fingerprint density at radius 2 is 1.88 bits per heavy atom. The van der Waals surface area contributed by atoms with E-state index in [4.69, 9.17) is 17.3 Å². The summed E-state index contributed by atoms with van der Waals surface area (Å²) < 4.78 is 0. The fourth-order valence-electron chi connectivity index (χ4n) is 1.03. The standard InChI is InChI=1S/C10H20N4O2S/c1-14(2)8-13-9(17)11-6-4-3-5-7-12-10(15)16/h8,12H,3-7H2,1-2H3,(H,11,17)(H,15,16)/b13-8+. The van der Waals surface area contributed by atoms with Crippen molar-refractivity contribution < 1.29 is 9.90 Å². The predicted octanol–water partition coefficient (Wildman–Crippen LogP) is 0.889. The largest absolute Gasteiger partial charge is 0.465 e. The fraction of sp³-hybridized carbons (Fsp3) is 0.700. The topological polar surface area (TPSA) is 77.0 Å². The Hall–Kier alpha value is -1.37. The van der Waals surface area contributed by atoms with Gasteiger partial charge in [0.2, 0.25) is 0 Å². The number of carbonyl (C=O) groups is 1. The van der Waals surface area contributed by atoms with Crippen LogP contribution < -0.4 is 10.6 Å². The van der Waals surface area contributed by atoms with Gasteiger partial charge in [-0.1, -0.05) is 0 Å². The summed E-state index contributed by atoms with van der Waals surface area (Å²) in [6, 6.07) is 0. The van der Waals surface area contributed by atoms with Crippen molar-refractivity contribution in [2.45, 2.75) is 19.3 Å². The molecule has 0 bridgehead atoms. The molecule has 6 nitrogen and oxygen atoms in total. The summed E-state index contributed by atoms with van der Waals surface area (Å²) >= 11 is 4.98. The number of aliphatic imine (C=N–C) groups is 1. The Morgan fingerprint density at radius 3 is 2.41 bits per heavy atom. The number of thiocarbonyl (C=S) groups is 1. The van der Waals surface area contributed by atoms with Crippen LogP contribution in [0.3, 0.4) is 0 Å². The maximum absolute atomic E-state index is 10.1. The molecule has 17 heavy (non-hydrogen) atoms. The Kier molecular flexibility index (Phi) is 9.04. The van der Waals surface area contributed by atoms with Gasteiger partial charge in [0, 0.05) is 27.2 Å². The molecule has 0 fully saturated rings. The van der Waals surface area contributed by atoms with Crippen LogP contribution in [0.15, 0.2) is 4.99 Å². The van der Waals surface area contributed by atoms with E-state index in [1.54, 1.807) is 6.34 Å². The van der Waals surface area contributed by atoms with Gasteiger partial charge >= 0.3 is 6.09 Å². The van der Waals surface area contributed by atoms with Gasteiger partial charge in [0.25, 0.3) is 0 Å². The molecule has 0 heterocycles. The van der Waals surface area contributed by atoms with E-state index in [-0.39, 0.29) is 0 Å². The lowest BCUT2D eigenvalue weighted by atomic mass is 10.2. The molecule has 0 aromatic rings. The first kappa shape index (κ1) is 15.6. The molecule has 0 aliphatic rings. The van der Waals surface area contributed by atoms with Crippen LogP contribution in [0, 0.1) is 0 Å². The first-order valence-electron chi connectivity index (χ1n) is 5.47. The molecule has 0 aliphatic carbocycles. The lowest BCUT2D eigenvalue weighted by Crippen LogP contribution is -2.23. The van der Waals surface area contributed by atoms with Crippen molar-refractivity contribution in [2.75, 3.05) is 27.2 Å². The van der Waals surface area contributed by atoms with E-state index in [2.05, 4.69) is 15.6 Å². The van der Waals surface area contributed by atoms with Gasteiger partial charge in [-0.25, -0.2) is 9.79 Å². The Balaban J connectivity index is 3.33. The molecule has 98 valence electrons. The van der Waals surface area contributed by atoms with Crippen LogP contribution in [-0.2, 0) is 0 Å². The molecule has 0 spiro atoms. The van der Waals surface area contributed by atoms with Gasteiger partial charge in [-0.3, -0.25) is 0 Å². The van der Waals surface area contributed by atoms with Gasteiger partial charge in [0.05, 0.1) is 6.34 Å². The van der Waals surface area contributed by atoms with Crippen LogP contribution in [-0.4, -0.2) is 54.7 Å². The monoisotopic (exact) mass is 260 g/mol. The molecule has 1 amide bonds. The molecule has 0 unspecified atom stereocenters. The van der Waals surface area contributed by atoms with Gasteiger partial charge in [0.15, 0.2) is 5.11 Å². The molecule has 0 radical (unpaired) electrons. The third kappa shape index (κ3) is 12.6. The highest BCUT2D eigenvalue weighted by molar-refractivity contribution is 7.80. The minimum absolute atomic E-state index is 0.474. The number of carboxylic acid groups (broad SMARTS) is 1. The fourth-order valence-corrected chi connectivity index (χ4v) is 1.18. The normalized spacial score (nSPS) is 10.2. The van der Waals surface area contributed by atoms with Crippen LogP contribution in [0.5, 0.6) is 0 Å². The highest BCUT2D eigenvalue weighted by Crippen LogP contribution is 1.92. The molecular formula is C10H20N4O2S. The van der Waals surface area contributed by atoms with Crippen molar-refractivity contribution in [2.24, 2.45) is 4.99 Å². The zero-order valence-corrected chi connectivity index (χ0v) is 11.1. The van der Waals surface area contributed by atoms with E-state index in [1.807, 2.05) is 19.0 Å². The Labute approximate surface area is 107 Å². The maximum Gasteiger partial charge on any atom is 0.404 e. The molecule has 0 aromatic carbocycles. The average molecular weight is 260 g/mol. The minimum Gasteiger partial charge on any atom is -0.465 e. The van der Waals surface area contributed by atoms with Crippen LogP contribution in [0.2, 0.25) is 0 Å². The molecular weight excluding hydrogens is 240 g/mol. The summed E-state index contributed by atoms with van der Waals surface area (Å²) in [5.74, 6) is 0. The van der Waals surface area contributed by atoms with E-state index in [0.29, 0.717) is 11.7 Å². The van der Waals surface area contributed by atoms with Crippen LogP contribution in [0.25, 0.3) is 0 Å². The van der Waals surface area contributed by atoms with Crippen LogP contribution in [0.1, 0.15) is 19.3 Å². The van der Waals surface area contributed by atoms with Crippen molar-refractivity contribution in [3.8, 4) is 0 Å². The van der Waals surface area contributed by atoms with Gasteiger partial charge in [-0.05, 0) is 31.5 Å². The second-order valence-electron chi connectivity index (χ2n) is 3.73. The molecule has 0 saturated heterocycles. The van der Waals surface area contributed by atoms with Gasteiger partial charge < -0.3 is 20.6 Å². The van der Waals surface area contributed by atoms with Gasteiger partial charge in [-0.15, -0.1) is 0 Å². The second kappa shape index (κ2) is 9.83. The summed E-state index contributed by atoms with van der Waals surface area (Å²) in [5, 5.41) is 14.1. The third-order valence-corrected chi connectivity index (χ3v) is 2.06. The highest BCUT2D eigenvalue weighted by atomic mass is 32.1. The number of nitrogens with one attached hydrogen (secondary N) is 2. The molecule has 0 atom stereocenters. The van der Waals surface area contributed by atoms with Crippen molar-refractivity contribution in [1.29, 1.82) is 0 Å². The minimum atomic E-state index is -0.970.